The van der Waals surface area contributed by atoms with Crippen LogP contribution in [0.5, 0.6) is 0 Å². The van der Waals surface area contributed by atoms with Gasteiger partial charge in [-0.15, -0.1) is 0 Å². The lowest BCUT2D eigenvalue weighted by Crippen LogP contribution is -2.43. The molecule has 0 aliphatic carbocycles. The number of esters is 1. The molecule has 2 heterocycles. The Morgan fingerprint density at radius 1 is 0.804 bits per heavy atom. The van der Waals surface area contributed by atoms with E-state index in [1.165, 1.54) is 36.5 Å². The van der Waals surface area contributed by atoms with Crippen molar-refractivity contribution in [3.8, 4) is 22.3 Å². The molecule has 51 heavy (non-hydrogen) atoms. The Kier molecular flexibility index (Phi) is 9.83. The van der Waals surface area contributed by atoms with Gasteiger partial charge in [-0.3, -0.25) is 14.5 Å². The van der Waals surface area contributed by atoms with E-state index in [4.69, 9.17) is 4.74 Å². The van der Waals surface area contributed by atoms with Crippen LogP contribution in [0.15, 0.2) is 114 Å². The van der Waals surface area contributed by atoms with E-state index in [1.807, 2.05) is 43.3 Å². The second-order valence-corrected chi connectivity index (χ2v) is 13.2. The lowest BCUT2D eigenvalue weighted by molar-refractivity contribution is -0.142. The summed E-state index contributed by atoms with van der Waals surface area (Å²) < 4.78 is 77.2. The Morgan fingerprint density at radius 3 is 2.22 bits per heavy atom. The van der Waals surface area contributed by atoms with E-state index in [2.05, 4.69) is 20.0 Å². The standard InChI is InChI=1S/C38H29F3N4O5S/c1-22-6-3-4-7-28(22)30-14-11-25(29-8-5-16-43-36(29)30)18-33(38(47)50-2)44-37(46)35-31(39)20-26(21-32(35)40)45-51(48,49)27-12-9-23(10-13-27)24-15-17-42-34(41)19-24/h3-17,19-21,33,45H,18H2,1-2H3,(H,44,46)/t33-/m0/s1. The molecule has 0 aliphatic heterocycles. The number of carbonyl (C=O) groups excluding carboxylic acids is 2. The van der Waals surface area contributed by atoms with Crippen LogP contribution >= 0.6 is 0 Å². The van der Waals surface area contributed by atoms with E-state index < -0.39 is 56.8 Å². The lowest BCUT2D eigenvalue weighted by atomic mass is 9.93. The van der Waals surface area contributed by atoms with E-state index in [0.29, 0.717) is 39.7 Å². The molecule has 13 heteroatoms. The van der Waals surface area contributed by atoms with Gasteiger partial charge >= 0.3 is 5.97 Å². The van der Waals surface area contributed by atoms with Gasteiger partial charge in [-0.2, -0.15) is 4.39 Å². The van der Waals surface area contributed by atoms with E-state index in [-0.39, 0.29) is 11.3 Å². The number of hydrogen-bond acceptors (Lipinski definition) is 7. The molecule has 6 rings (SSSR count). The third-order valence-electron chi connectivity index (χ3n) is 8.26. The van der Waals surface area contributed by atoms with Gasteiger partial charge in [0.2, 0.25) is 5.95 Å². The van der Waals surface area contributed by atoms with Crippen molar-refractivity contribution in [1.29, 1.82) is 0 Å². The maximum atomic E-state index is 15.3. The smallest absolute Gasteiger partial charge is 0.328 e. The van der Waals surface area contributed by atoms with Crippen molar-refractivity contribution in [1.82, 2.24) is 15.3 Å². The number of sulfonamides is 1. The van der Waals surface area contributed by atoms with Gasteiger partial charge in [-0.1, -0.05) is 54.6 Å². The predicted octanol–water partition coefficient (Wildman–Crippen LogP) is 7.00. The van der Waals surface area contributed by atoms with Gasteiger partial charge in [0.05, 0.1) is 23.2 Å². The molecule has 2 aromatic heterocycles. The zero-order valence-electron chi connectivity index (χ0n) is 27.2. The average Bonchev–Trinajstić information content (AvgIpc) is 3.11. The van der Waals surface area contributed by atoms with Crippen molar-refractivity contribution in [2.24, 2.45) is 0 Å². The maximum absolute atomic E-state index is 15.3. The van der Waals surface area contributed by atoms with Crippen molar-refractivity contribution in [3.05, 3.63) is 144 Å². The summed E-state index contributed by atoms with van der Waals surface area (Å²) in [5.74, 6) is -5.56. The fraction of sp³-hybridized carbons (Fsp3) is 0.105. The van der Waals surface area contributed by atoms with Gasteiger partial charge < -0.3 is 10.1 Å². The Hall–Kier alpha value is -6.08. The third kappa shape index (κ3) is 7.43. The number of pyridine rings is 2. The molecule has 9 nitrogen and oxygen atoms in total. The summed E-state index contributed by atoms with van der Waals surface area (Å²) in [6.07, 6.45) is 2.82. The minimum atomic E-state index is -4.33. The molecule has 1 amide bonds. The summed E-state index contributed by atoms with van der Waals surface area (Å²) >= 11 is 0. The first-order chi connectivity index (χ1) is 24.4. The first-order valence-electron chi connectivity index (χ1n) is 15.5. The number of carbonyl (C=O) groups is 2. The molecule has 2 N–H and O–H groups in total. The highest BCUT2D eigenvalue weighted by molar-refractivity contribution is 7.92. The molecule has 0 bridgehead atoms. The summed E-state index contributed by atoms with van der Waals surface area (Å²) in [5.41, 5.74) is 3.62. The highest BCUT2D eigenvalue weighted by Crippen LogP contribution is 2.32. The van der Waals surface area contributed by atoms with Gasteiger partial charge in [0.25, 0.3) is 15.9 Å². The second kappa shape index (κ2) is 14.4. The number of amides is 1. The summed E-state index contributed by atoms with van der Waals surface area (Å²) in [5, 5.41) is 3.08. The average molecular weight is 711 g/mol. The zero-order chi connectivity index (χ0) is 36.3. The van der Waals surface area contributed by atoms with Crippen LogP contribution in [0.4, 0.5) is 18.9 Å². The molecule has 0 unspecified atom stereocenters. The third-order valence-corrected chi connectivity index (χ3v) is 9.65. The number of aryl methyl sites for hydroxylation is 1. The second-order valence-electron chi connectivity index (χ2n) is 11.6. The van der Waals surface area contributed by atoms with Gasteiger partial charge in [0.1, 0.15) is 23.2 Å². The fourth-order valence-electron chi connectivity index (χ4n) is 5.76. The maximum Gasteiger partial charge on any atom is 0.328 e. The Morgan fingerprint density at radius 2 is 1.53 bits per heavy atom. The first-order valence-corrected chi connectivity index (χ1v) is 17.0. The number of anilines is 1. The molecular weight excluding hydrogens is 682 g/mol. The van der Waals surface area contributed by atoms with Gasteiger partial charge in [0, 0.05) is 35.8 Å². The molecule has 258 valence electrons. The van der Waals surface area contributed by atoms with Crippen LogP contribution in [0.2, 0.25) is 0 Å². The molecule has 0 spiro atoms. The lowest BCUT2D eigenvalue weighted by Gasteiger charge is -2.19. The monoisotopic (exact) mass is 710 g/mol. The Bertz CT molecular complexity index is 2380. The van der Waals surface area contributed by atoms with E-state index in [9.17, 15) is 22.4 Å². The summed E-state index contributed by atoms with van der Waals surface area (Å²) in [4.78, 5) is 33.9. The van der Waals surface area contributed by atoms with Crippen LogP contribution < -0.4 is 10.0 Å². The molecule has 0 saturated heterocycles. The van der Waals surface area contributed by atoms with Crippen LogP contribution in [0, 0.1) is 24.5 Å². The van der Waals surface area contributed by atoms with Crippen molar-refractivity contribution in [3.63, 3.8) is 0 Å². The van der Waals surface area contributed by atoms with Gasteiger partial charge in [-0.25, -0.2) is 27.0 Å². The summed E-state index contributed by atoms with van der Waals surface area (Å²) in [6, 6.07) is 23.1. The quantitative estimate of drug-likeness (QED) is 0.116. The van der Waals surface area contributed by atoms with Crippen LogP contribution in [-0.2, 0) is 26.0 Å². The minimum Gasteiger partial charge on any atom is -0.467 e. The molecule has 6 aromatic rings. The normalized spacial score (nSPS) is 11.9. The summed E-state index contributed by atoms with van der Waals surface area (Å²) in [7, 11) is -3.21. The predicted molar refractivity (Wildman–Crippen MR) is 186 cm³/mol. The van der Waals surface area contributed by atoms with Gasteiger partial charge in [0.15, 0.2) is 0 Å². The minimum absolute atomic E-state index is 0.0926. The SMILES string of the molecule is COC(=O)[C@H](Cc1ccc(-c2ccccc2C)c2ncccc12)NC(=O)c1c(F)cc(NS(=O)(=O)c2ccc(-c3ccnc(F)c3)cc2)cc1F. The number of benzene rings is 4. The number of ether oxygens (including phenoxy) is 1. The highest BCUT2D eigenvalue weighted by atomic mass is 32.2. The largest absolute Gasteiger partial charge is 0.467 e. The highest BCUT2D eigenvalue weighted by Gasteiger charge is 2.28. The van der Waals surface area contributed by atoms with Crippen molar-refractivity contribution >= 4 is 38.5 Å². The number of methoxy groups -OCH3 is 1. The molecule has 0 fully saturated rings. The number of nitrogens with one attached hydrogen (secondary N) is 2. The Labute approximate surface area is 291 Å². The van der Waals surface area contributed by atoms with Gasteiger partial charge in [-0.05, 0) is 71.1 Å². The van der Waals surface area contributed by atoms with Crippen molar-refractivity contribution in [2.75, 3.05) is 11.8 Å². The fourth-order valence-corrected chi connectivity index (χ4v) is 6.80. The molecule has 4 aromatic carbocycles. The Balaban J connectivity index is 1.22. The number of fused-ring (bicyclic) bond motifs is 1. The zero-order valence-corrected chi connectivity index (χ0v) is 28.0. The number of nitrogens with zero attached hydrogens (tertiary/aromatic N) is 2. The van der Waals surface area contributed by atoms with Crippen molar-refractivity contribution in [2.45, 2.75) is 24.3 Å². The number of hydrogen-bond donors (Lipinski definition) is 2. The molecule has 0 aliphatic rings. The van der Waals surface area contributed by atoms with E-state index in [1.54, 1.807) is 24.4 Å². The van der Waals surface area contributed by atoms with Crippen LogP contribution in [0.1, 0.15) is 21.5 Å². The molecule has 0 saturated carbocycles. The molecule has 1 atom stereocenters. The number of halogens is 3. The van der Waals surface area contributed by atoms with Crippen molar-refractivity contribution < 1.29 is 35.9 Å². The van der Waals surface area contributed by atoms with E-state index in [0.717, 1.165) is 23.8 Å². The molecular formula is C38H29F3N4O5S. The van der Waals surface area contributed by atoms with Crippen LogP contribution in [0.25, 0.3) is 33.2 Å². The topological polar surface area (TPSA) is 127 Å². The summed E-state index contributed by atoms with van der Waals surface area (Å²) in [6.45, 7) is 1.98. The number of aromatic nitrogens is 2. The first kappa shape index (κ1) is 34.8. The number of rotatable bonds is 10. The van der Waals surface area contributed by atoms with Crippen LogP contribution in [0.3, 0.4) is 0 Å². The van der Waals surface area contributed by atoms with E-state index >= 15 is 8.78 Å². The van der Waals surface area contributed by atoms with Crippen LogP contribution in [-0.4, -0.2) is 43.4 Å². The molecule has 0 radical (unpaired) electrons.